The standard InChI is InChI=1S/C24H24N4O2/c1-16-10-12-19(13-11-16)23-14-22(26-30-23)24(29)28(20-8-6-5-7-9-20)15-21-17(2)25-27(4)18(21)3/h5-14H,15H2,1-4H3. The smallest absolute Gasteiger partial charge is 0.280 e. The van der Waals surface area contributed by atoms with Gasteiger partial charge in [0.05, 0.1) is 12.2 Å². The quantitative estimate of drug-likeness (QED) is 0.480. The van der Waals surface area contributed by atoms with Crippen LogP contribution >= 0.6 is 0 Å². The molecule has 0 saturated carbocycles. The first-order chi connectivity index (χ1) is 14.4. The van der Waals surface area contributed by atoms with Crippen molar-refractivity contribution < 1.29 is 9.32 Å². The fraction of sp³-hybridized carbons (Fsp3) is 0.208. The van der Waals surface area contributed by atoms with Crippen LogP contribution in [0.5, 0.6) is 0 Å². The van der Waals surface area contributed by atoms with Crippen LogP contribution in [0.3, 0.4) is 0 Å². The number of amides is 1. The molecule has 4 rings (SSSR count). The second kappa shape index (κ2) is 7.99. The number of carbonyl (C=O) groups is 1. The number of anilines is 1. The largest absolute Gasteiger partial charge is 0.355 e. The monoisotopic (exact) mass is 400 g/mol. The van der Waals surface area contributed by atoms with Crippen molar-refractivity contribution >= 4 is 11.6 Å². The van der Waals surface area contributed by atoms with Crippen LogP contribution in [0.15, 0.2) is 65.2 Å². The van der Waals surface area contributed by atoms with Crippen LogP contribution < -0.4 is 4.90 Å². The van der Waals surface area contributed by atoms with Crippen molar-refractivity contribution in [2.75, 3.05) is 4.90 Å². The highest BCUT2D eigenvalue weighted by molar-refractivity contribution is 6.05. The Bertz CT molecular complexity index is 1170. The summed E-state index contributed by atoms with van der Waals surface area (Å²) in [5.41, 5.74) is 6.07. The highest BCUT2D eigenvalue weighted by Gasteiger charge is 2.24. The van der Waals surface area contributed by atoms with Crippen LogP contribution in [0.25, 0.3) is 11.3 Å². The minimum atomic E-state index is -0.217. The Morgan fingerprint density at radius 1 is 1.03 bits per heavy atom. The summed E-state index contributed by atoms with van der Waals surface area (Å²) in [6, 6.07) is 19.2. The summed E-state index contributed by atoms with van der Waals surface area (Å²) >= 11 is 0. The molecule has 152 valence electrons. The van der Waals surface area contributed by atoms with Gasteiger partial charge in [0.15, 0.2) is 11.5 Å². The lowest BCUT2D eigenvalue weighted by molar-refractivity contribution is 0.0976. The third-order valence-corrected chi connectivity index (χ3v) is 5.35. The number of para-hydroxylation sites is 1. The second-order valence-corrected chi connectivity index (χ2v) is 7.44. The SMILES string of the molecule is Cc1ccc(-c2cc(C(=O)N(Cc3c(C)nn(C)c3C)c3ccccc3)no2)cc1. The summed E-state index contributed by atoms with van der Waals surface area (Å²) in [4.78, 5) is 15.2. The fourth-order valence-electron chi connectivity index (χ4n) is 3.46. The molecular weight excluding hydrogens is 376 g/mol. The molecule has 6 nitrogen and oxygen atoms in total. The maximum atomic E-state index is 13.5. The third kappa shape index (κ3) is 3.76. The van der Waals surface area contributed by atoms with Gasteiger partial charge in [0.25, 0.3) is 5.91 Å². The van der Waals surface area contributed by atoms with Crippen LogP contribution in [0.1, 0.15) is 33.0 Å². The molecule has 0 atom stereocenters. The molecular formula is C24H24N4O2. The molecule has 0 unspecified atom stereocenters. The minimum Gasteiger partial charge on any atom is -0.355 e. The Morgan fingerprint density at radius 2 is 1.73 bits per heavy atom. The van der Waals surface area contributed by atoms with Crippen molar-refractivity contribution in [1.29, 1.82) is 0 Å². The van der Waals surface area contributed by atoms with E-state index in [1.807, 2.05) is 87.1 Å². The first-order valence-electron chi connectivity index (χ1n) is 9.84. The van der Waals surface area contributed by atoms with Crippen molar-refractivity contribution in [2.24, 2.45) is 7.05 Å². The molecule has 6 heteroatoms. The van der Waals surface area contributed by atoms with Crippen molar-refractivity contribution in [2.45, 2.75) is 27.3 Å². The maximum Gasteiger partial charge on any atom is 0.280 e. The van der Waals surface area contributed by atoms with E-state index in [1.165, 1.54) is 0 Å². The van der Waals surface area contributed by atoms with E-state index in [4.69, 9.17) is 4.52 Å². The van der Waals surface area contributed by atoms with Gasteiger partial charge in [0.2, 0.25) is 0 Å². The molecule has 0 aliphatic carbocycles. The van der Waals surface area contributed by atoms with Crippen molar-refractivity contribution in [3.05, 3.63) is 88.9 Å². The van der Waals surface area contributed by atoms with Gasteiger partial charge in [-0.2, -0.15) is 5.10 Å². The lowest BCUT2D eigenvalue weighted by atomic mass is 10.1. The summed E-state index contributed by atoms with van der Waals surface area (Å²) in [6.07, 6.45) is 0. The van der Waals surface area contributed by atoms with Crippen molar-refractivity contribution in [1.82, 2.24) is 14.9 Å². The number of aryl methyl sites for hydroxylation is 3. The first-order valence-corrected chi connectivity index (χ1v) is 9.84. The van der Waals surface area contributed by atoms with E-state index in [9.17, 15) is 4.79 Å². The van der Waals surface area contributed by atoms with Gasteiger partial charge < -0.3 is 9.42 Å². The zero-order valence-corrected chi connectivity index (χ0v) is 17.6. The summed E-state index contributed by atoms with van der Waals surface area (Å²) in [5.74, 6) is 0.353. The average molecular weight is 400 g/mol. The van der Waals surface area contributed by atoms with E-state index < -0.39 is 0 Å². The molecule has 2 aromatic heterocycles. The van der Waals surface area contributed by atoms with Crippen LogP contribution in [-0.4, -0.2) is 20.8 Å². The molecule has 4 aromatic rings. The molecule has 2 aromatic carbocycles. The molecule has 0 bridgehead atoms. The van der Waals surface area contributed by atoms with Gasteiger partial charge in [-0.3, -0.25) is 9.48 Å². The van der Waals surface area contributed by atoms with Gasteiger partial charge in [-0.15, -0.1) is 0 Å². The number of carbonyl (C=O) groups excluding carboxylic acids is 1. The van der Waals surface area contributed by atoms with Gasteiger partial charge in [-0.25, -0.2) is 0 Å². The molecule has 0 aliphatic rings. The van der Waals surface area contributed by atoms with E-state index in [-0.39, 0.29) is 11.6 Å². The number of nitrogens with zero attached hydrogens (tertiary/aromatic N) is 4. The number of rotatable bonds is 5. The highest BCUT2D eigenvalue weighted by atomic mass is 16.5. The average Bonchev–Trinajstić information content (AvgIpc) is 3.33. The predicted octanol–water partition coefficient (Wildman–Crippen LogP) is 4.85. The number of hydrogen-bond acceptors (Lipinski definition) is 4. The Labute approximate surface area is 175 Å². The van der Waals surface area contributed by atoms with E-state index in [1.54, 1.807) is 11.0 Å². The molecule has 1 amide bonds. The normalized spacial score (nSPS) is 10.9. The summed E-state index contributed by atoms with van der Waals surface area (Å²) in [7, 11) is 1.91. The first kappa shape index (κ1) is 19.6. The molecule has 0 saturated heterocycles. The molecule has 0 spiro atoms. The van der Waals surface area contributed by atoms with Crippen LogP contribution in [0, 0.1) is 20.8 Å². The molecule has 2 heterocycles. The summed E-state index contributed by atoms with van der Waals surface area (Å²) in [6.45, 7) is 6.40. The molecule has 0 fully saturated rings. The maximum absolute atomic E-state index is 13.5. The van der Waals surface area contributed by atoms with Gasteiger partial charge >= 0.3 is 0 Å². The highest BCUT2D eigenvalue weighted by Crippen LogP contribution is 2.25. The number of benzene rings is 2. The van der Waals surface area contributed by atoms with E-state index >= 15 is 0 Å². The van der Waals surface area contributed by atoms with Crippen molar-refractivity contribution in [3.63, 3.8) is 0 Å². The summed E-state index contributed by atoms with van der Waals surface area (Å²) in [5, 5.41) is 8.55. The van der Waals surface area contributed by atoms with Gasteiger partial charge in [-0.1, -0.05) is 53.2 Å². The fourth-order valence-corrected chi connectivity index (χ4v) is 3.46. The van der Waals surface area contributed by atoms with E-state index in [0.29, 0.717) is 12.3 Å². The van der Waals surface area contributed by atoms with Gasteiger partial charge in [0.1, 0.15) is 0 Å². The van der Waals surface area contributed by atoms with Gasteiger partial charge in [-0.05, 0) is 32.9 Å². The topological polar surface area (TPSA) is 64.2 Å². The summed E-state index contributed by atoms with van der Waals surface area (Å²) < 4.78 is 7.32. The molecule has 0 aliphatic heterocycles. The Kier molecular flexibility index (Phi) is 5.23. The predicted molar refractivity (Wildman–Crippen MR) is 116 cm³/mol. The molecule has 30 heavy (non-hydrogen) atoms. The Balaban J connectivity index is 1.69. The zero-order chi connectivity index (χ0) is 21.3. The Morgan fingerprint density at radius 3 is 2.37 bits per heavy atom. The zero-order valence-electron chi connectivity index (χ0n) is 17.6. The molecule has 0 N–H and O–H groups in total. The van der Waals surface area contributed by atoms with E-state index in [2.05, 4.69) is 10.3 Å². The molecule has 0 radical (unpaired) electrons. The van der Waals surface area contributed by atoms with E-state index in [0.717, 1.165) is 33.8 Å². The lowest BCUT2D eigenvalue weighted by Crippen LogP contribution is -2.31. The lowest BCUT2D eigenvalue weighted by Gasteiger charge is -2.22. The minimum absolute atomic E-state index is 0.217. The number of hydrogen-bond donors (Lipinski definition) is 0. The van der Waals surface area contributed by atoms with Crippen molar-refractivity contribution in [3.8, 4) is 11.3 Å². The third-order valence-electron chi connectivity index (χ3n) is 5.35. The van der Waals surface area contributed by atoms with Crippen LogP contribution in [0.2, 0.25) is 0 Å². The number of aromatic nitrogens is 3. The van der Waals surface area contributed by atoms with Crippen LogP contribution in [-0.2, 0) is 13.6 Å². The van der Waals surface area contributed by atoms with Gasteiger partial charge in [0, 0.05) is 35.6 Å². The Hall–Kier alpha value is -3.67. The van der Waals surface area contributed by atoms with Crippen LogP contribution in [0.4, 0.5) is 5.69 Å². The second-order valence-electron chi connectivity index (χ2n) is 7.44.